The van der Waals surface area contributed by atoms with Crippen molar-refractivity contribution in [2.75, 3.05) is 11.4 Å². The van der Waals surface area contributed by atoms with Gasteiger partial charge in [0.2, 0.25) is 0 Å². The molecule has 1 aliphatic heterocycles. The molecule has 1 aromatic carbocycles. The molecule has 0 aliphatic carbocycles. The van der Waals surface area contributed by atoms with Crippen LogP contribution in [0.2, 0.25) is 0 Å². The van der Waals surface area contributed by atoms with Crippen molar-refractivity contribution in [2.24, 2.45) is 0 Å². The number of aromatic amines is 1. The number of anilines is 1. The molecule has 3 rings (SSSR count). The second kappa shape index (κ2) is 3.28. The predicted molar refractivity (Wildman–Crippen MR) is 73.8 cm³/mol. The Balaban J connectivity index is 2.36. The molecule has 0 spiro atoms. The molecule has 1 atom stereocenters. The van der Waals surface area contributed by atoms with Crippen LogP contribution < -0.4 is 4.90 Å². The second-order valence-electron chi connectivity index (χ2n) is 5.58. The molecule has 0 saturated carbocycles. The van der Waals surface area contributed by atoms with Crippen molar-refractivity contribution in [3.8, 4) is 0 Å². The molecular weight excluding hydrogens is 208 g/mol. The maximum Gasteiger partial charge on any atom is 0.0502 e. The van der Waals surface area contributed by atoms with E-state index < -0.39 is 0 Å². The van der Waals surface area contributed by atoms with Gasteiger partial charge in [-0.1, -0.05) is 19.9 Å². The van der Waals surface area contributed by atoms with Gasteiger partial charge in [-0.05, 0) is 31.5 Å². The van der Waals surface area contributed by atoms with Crippen molar-refractivity contribution in [1.29, 1.82) is 0 Å². The van der Waals surface area contributed by atoms with E-state index in [1.165, 1.54) is 22.2 Å². The number of rotatable bonds is 1. The molecule has 1 unspecified atom stereocenters. The van der Waals surface area contributed by atoms with Crippen molar-refractivity contribution in [2.45, 2.75) is 39.2 Å². The van der Waals surface area contributed by atoms with Crippen LogP contribution >= 0.6 is 0 Å². The monoisotopic (exact) mass is 228 g/mol. The smallest absolute Gasteiger partial charge is 0.0502 e. The van der Waals surface area contributed by atoms with Gasteiger partial charge in [0.05, 0.1) is 5.69 Å². The molecule has 2 nitrogen and oxygen atoms in total. The summed E-state index contributed by atoms with van der Waals surface area (Å²) in [6.07, 6.45) is 2.04. The zero-order chi connectivity index (χ0) is 12.2. The highest BCUT2D eigenvalue weighted by Crippen LogP contribution is 2.47. The van der Waals surface area contributed by atoms with E-state index in [9.17, 15) is 0 Å². The van der Waals surface area contributed by atoms with Crippen molar-refractivity contribution >= 4 is 16.6 Å². The molecule has 1 aromatic heterocycles. The Morgan fingerprint density at radius 1 is 1.29 bits per heavy atom. The van der Waals surface area contributed by atoms with Crippen LogP contribution in [0.1, 0.15) is 33.3 Å². The fraction of sp³-hybridized carbons (Fsp3) is 0.467. The number of benzene rings is 1. The number of nitrogens with zero attached hydrogens (tertiary/aromatic N) is 1. The minimum atomic E-state index is 0.233. The van der Waals surface area contributed by atoms with Gasteiger partial charge in [-0.15, -0.1) is 0 Å². The standard InChI is InChI=1S/C15H20N2/c1-5-17-10(2)15(3,4)12-6-7-13-11(14(12)17)8-9-16-13/h6-10,16H,5H2,1-4H3. The molecule has 0 saturated heterocycles. The topological polar surface area (TPSA) is 19.0 Å². The van der Waals surface area contributed by atoms with E-state index in [0.717, 1.165) is 6.54 Å². The summed E-state index contributed by atoms with van der Waals surface area (Å²) < 4.78 is 0. The lowest BCUT2D eigenvalue weighted by Gasteiger charge is -2.30. The molecular formula is C15H20N2. The predicted octanol–water partition coefficient (Wildman–Crippen LogP) is 3.67. The van der Waals surface area contributed by atoms with Crippen LogP contribution in [0.4, 0.5) is 5.69 Å². The molecule has 2 heterocycles. The Hall–Kier alpha value is -1.44. The molecule has 0 radical (unpaired) electrons. The minimum absolute atomic E-state index is 0.233. The van der Waals surface area contributed by atoms with Crippen LogP contribution in [0.25, 0.3) is 10.9 Å². The lowest BCUT2D eigenvalue weighted by Crippen LogP contribution is -2.38. The Bertz CT molecular complexity index is 565. The van der Waals surface area contributed by atoms with E-state index in [0.29, 0.717) is 6.04 Å². The van der Waals surface area contributed by atoms with Crippen molar-refractivity contribution < 1.29 is 0 Å². The number of hydrogen-bond acceptors (Lipinski definition) is 1. The van der Waals surface area contributed by atoms with Gasteiger partial charge in [0, 0.05) is 35.1 Å². The quantitative estimate of drug-likeness (QED) is 0.789. The van der Waals surface area contributed by atoms with E-state index in [1.54, 1.807) is 0 Å². The average molecular weight is 228 g/mol. The normalized spacial score (nSPS) is 22.1. The molecule has 0 fully saturated rings. The summed E-state index contributed by atoms with van der Waals surface area (Å²) in [5.74, 6) is 0. The van der Waals surface area contributed by atoms with Gasteiger partial charge in [0.1, 0.15) is 0 Å². The van der Waals surface area contributed by atoms with Crippen LogP contribution in [-0.2, 0) is 5.41 Å². The van der Waals surface area contributed by atoms with Crippen LogP contribution in [0.3, 0.4) is 0 Å². The summed E-state index contributed by atoms with van der Waals surface area (Å²) in [6, 6.07) is 7.26. The Morgan fingerprint density at radius 3 is 2.76 bits per heavy atom. The maximum absolute atomic E-state index is 3.31. The average Bonchev–Trinajstić information content (AvgIpc) is 2.83. The molecule has 2 aromatic rings. The van der Waals surface area contributed by atoms with Crippen LogP contribution in [0.5, 0.6) is 0 Å². The van der Waals surface area contributed by atoms with E-state index in [2.05, 4.69) is 55.8 Å². The SMILES string of the molecule is CCN1c2c(ccc3[nH]ccc23)C(C)(C)C1C. The van der Waals surface area contributed by atoms with Crippen molar-refractivity contribution in [3.05, 3.63) is 30.0 Å². The molecule has 0 bridgehead atoms. The molecule has 17 heavy (non-hydrogen) atoms. The lowest BCUT2D eigenvalue weighted by molar-refractivity contribution is 0.445. The first kappa shape index (κ1) is 10.7. The third-order valence-electron chi connectivity index (χ3n) is 4.54. The molecule has 0 amide bonds. The molecule has 90 valence electrons. The Labute approximate surface area is 103 Å². The van der Waals surface area contributed by atoms with Gasteiger partial charge in [-0.3, -0.25) is 0 Å². The number of hydrogen-bond donors (Lipinski definition) is 1. The lowest BCUT2D eigenvalue weighted by atomic mass is 9.81. The highest BCUT2D eigenvalue weighted by Gasteiger charge is 2.41. The van der Waals surface area contributed by atoms with Gasteiger partial charge in [0.15, 0.2) is 0 Å². The van der Waals surface area contributed by atoms with Crippen LogP contribution in [0.15, 0.2) is 24.4 Å². The van der Waals surface area contributed by atoms with Crippen LogP contribution in [-0.4, -0.2) is 17.6 Å². The molecule has 1 aliphatic rings. The van der Waals surface area contributed by atoms with E-state index >= 15 is 0 Å². The van der Waals surface area contributed by atoms with Gasteiger partial charge in [-0.25, -0.2) is 0 Å². The zero-order valence-corrected chi connectivity index (χ0v) is 11.0. The van der Waals surface area contributed by atoms with E-state index in [1.807, 2.05) is 6.20 Å². The van der Waals surface area contributed by atoms with Gasteiger partial charge in [0.25, 0.3) is 0 Å². The summed E-state index contributed by atoms with van der Waals surface area (Å²) in [6.45, 7) is 10.4. The van der Waals surface area contributed by atoms with Gasteiger partial charge >= 0.3 is 0 Å². The minimum Gasteiger partial charge on any atom is -0.367 e. The Morgan fingerprint density at radius 2 is 2.06 bits per heavy atom. The van der Waals surface area contributed by atoms with Crippen molar-refractivity contribution in [3.63, 3.8) is 0 Å². The first-order valence-corrected chi connectivity index (χ1v) is 6.44. The van der Waals surface area contributed by atoms with Crippen molar-refractivity contribution in [1.82, 2.24) is 4.98 Å². The third kappa shape index (κ3) is 1.21. The van der Waals surface area contributed by atoms with E-state index in [4.69, 9.17) is 0 Å². The first-order valence-electron chi connectivity index (χ1n) is 6.44. The number of likely N-dealkylation sites (N-methyl/N-ethyl adjacent to an activating group) is 1. The van der Waals surface area contributed by atoms with Crippen LogP contribution in [0, 0.1) is 0 Å². The summed E-state index contributed by atoms with van der Waals surface area (Å²) in [5.41, 5.74) is 4.39. The summed E-state index contributed by atoms with van der Waals surface area (Å²) in [4.78, 5) is 5.84. The number of H-pyrrole nitrogens is 1. The highest BCUT2D eigenvalue weighted by atomic mass is 15.2. The second-order valence-corrected chi connectivity index (χ2v) is 5.58. The molecule has 2 heteroatoms. The van der Waals surface area contributed by atoms with Gasteiger partial charge < -0.3 is 9.88 Å². The fourth-order valence-corrected chi connectivity index (χ4v) is 3.19. The number of fused-ring (bicyclic) bond motifs is 3. The summed E-state index contributed by atoms with van der Waals surface area (Å²) in [7, 11) is 0. The largest absolute Gasteiger partial charge is 0.367 e. The van der Waals surface area contributed by atoms with E-state index in [-0.39, 0.29) is 5.41 Å². The highest BCUT2D eigenvalue weighted by molar-refractivity contribution is 5.96. The summed E-state index contributed by atoms with van der Waals surface area (Å²) in [5, 5.41) is 1.36. The third-order valence-corrected chi connectivity index (χ3v) is 4.54. The Kier molecular flexibility index (Phi) is 2.07. The van der Waals surface area contributed by atoms with Gasteiger partial charge in [-0.2, -0.15) is 0 Å². The molecule has 1 N–H and O–H groups in total. The number of nitrogens with one attached hydrogen (secondary N) is 1. The first-order chi connectivity index (χ1) is 8.07. The fourth-order valence-electron chi connectivity index (χ4n) is 3.19. The maximum atomic E-state index is 3.31. The summed E-state index contributed by atoms with van der Waals surface area (Å²) >= 11 is 0. The number of aromatic nitrogens is 1. The zero-order valence-electron chi connectivity index (χ0n) is 11.0.